The number of rotatable bonds is 4. The highest BCUT2D eigenvalue weighted by atomic mass is 16.2. The van der Waals surface area contributed by atoms with Gasteiger partial charge in [0.2, 0.25) is 5.91 Å². The van der Waals surface area contributed by atoms with Crippen LogP contribution >= 0.6 is 0 Å². The van der Waals surface area contributed by atoms with Crippen molar-refractivity contribution < 1.29 is 4.79 Å². The highest BCUT2D eigenvalue weighted by Gasteiger charge is 2.50. The van der Waals surface area contributed by atoms with Crippen molar-refractivity contribution in [2.45, 2.75) is 44.9 Å². The molecule has 0 aliphatic heterocycles. The van der Waals surface area contributed by atoms with Gasteiger partial charge in [0.15, 0.2) is 0 Å². The fourth-order valence-corrected chi connectivity index (χ4v) is 5.28. The largest absolute Gasteiger partial charge is 0.345 e. The minimum Gasteiger partial charge on any atom is -0.345 e. The van der Waals surface area contributed by atoms with Gasteiger partial charge in [-0.25, -0.2) is 0 Å². The summed E-state index contributed by atoms with van der Waals surface area (Å²) in [7, 11) is 1.90. The van der Waals surface area contributed by atoms with E-state index in [1.807, 2.05) is 11.9 Å². The van der Waals surface area contributed by atoms with Crippen molar-refractivity contribution in [3.8, 4) is 0 Å². The minimum atomic E-state index is 0.0831. The summed E-state index contributed by atoms with van der Waals surface area (Å²) in [4.78, 5) is 13.4. The third kappa shape index (κ3) is 2.18. The molecule has 2 N–H and O–H groups in total. The molecule has 0 atom stereocenters. The maximum atomic E-state index is 11.5. The summed E-state index contributed by atoms with van der Waals surface area (Å²) in [6, 6.07) is 0. The zero-order chi connectivity index (χ0) is 12.8. The van der Waals surface area contributed by atoms with Gasteiger partial charge in [-0.05, 0) is 68.1 Å². The van der Waals surface area contributed by atoms with E-state index in [9.17, 15) is 4.79 Å². The van der Waals surface area contributed by atoms with E-state index >= 15 is 0 Å². The van der Waals surface area contributed by atoms with Gasteiger partial charge < -0.3 is 10.6 Å². The Morgan fingerprint density at radius 3 is 2.11 bits per heavy atom. The van der Waals surface area contributed by atoms with Crippen LogP contribution < -0.4 is 5.73 Å². The van der Waals surface area contributed by atoms with E-state index in [4.69, 9.17) is 5.73 Å². The number of hydrogen-bond donors (Lipinski definition) is 1. The molecule has 4 saturated carbocycles. The average Bonchev–Trinajstić information content (AvgIpc) is 2.33. The predicted octanol–water partition coefficient (Wildman–Crippen LogP) is 2.01. The third-order valence-corrected chi connectivity index (χ3v) is 5.74. The second-order valence-corrected chi connectivity index (χ2v) is 7.19. The zero-order valence-electron chi connectivity index (χ0n) is 11.5. The number of carbonyl (C=O) groups is 1. The molecule has 0 heterocycles. The van der Waals surface area contributed by atoms with Crippen LogP contribution in [0.3, 0.4) is 0 Å². The zero-order valence-corrected chi connectivity index (χ0v) is 11.5. The number of carbonyl (C=O) groups excluding carboxylic acids is 1. The van der Waals surface area contributed by atoms with Gasteiger partial charge in [-0.3, -0.25) is 4.79 Å². The second-order valence-electron chi connectivity index (χ2n) is 7.19. The van der Waals surface area contributed by atoms with Crippen LogP contribution in [0.4, 0.5) is 0 Å². The topological polar surface area (TPSA) is 46.3 Å². The highest BCUT2D eigenvalue weighted by Crippen LogP contribution is 2.61. The Bertz CT molecular complexity index is 304. The number of likely N-dealkylation sites (N-methyl/N-ethyl adjacent to an activating group) is 1. The molecule has 0 saturated heterocycles. The molecule has 0 spiro atoms. The van der Waals surface area contributed by atoms with Crippen LogP contribution in [0.25, 0.3) is 0 Å². The van der Waals surface area contributed by atoms with Gasteiger partial charge in [0.1, 0.15) is 0 Å². The van der Waals surface area contributed by atoms with Crippen LogP contribution in [0.15, 0.2) is 0 Å². The average molecular weight is 250 g/mol. The Hall–Kier alpha value is -0.570. The fourth-order valence-electron chi connectivity index (χ4n) is 5.28. The first kappa shape index (κ1) is 12.5. The van der Waals surface area contributed by atoms with Crippen molar-refractivity contribution in [2.24, 2.45) is 28.9 Å². The first-order valence-corrected chi connectivity index (χ1v) is 7.54. The molecule has 0 unspecified atom stereocenters. The summed E-state index contributed by atoms with van der Waals surface area (Å²) < 4.78 is 0. The molecular weight excluding hydrogens is 224 g/mol. The van der Waals surface area contributed by atoms with Crippen molar-refractivity contribution in [1.82, 2.24) is 4.90 Å². The van der Waals surface area contributed by atoms with Crippen LogP contribution in [-0.4, -0.2) is 30.9 Å². The molecule has 0 aromatic heterocycles. The molecule has 18 heavy (non-hydrogen) atoms. The minimum absolute atomic E-state index is 0.0831. The molecule has 0 aromatic rings. The molecule has 4 fully saturated rings. The molecule has 3 heteroatoms. The Labute approximate surface area is 110 Å². The smallest absolute Gasteiger partial charge is 0.236 e. The molecule has 0 radical (unpaired) electrons. The molecule has 4 rings (SSSR count). The molecule has 102 valence electrons. The lowest BCUT2D eigenvalue weighted by Crippen LogP contribution is -2.47. The standard InChI is InChI=1S/C15H26N2O/c1-17(14(18)10-16)3-2-15-7-11-4-12(8-15)6-13(5-11)9-15/h11-13H,2-10,16H2,1H3. The summed E-state index contributed by atoms with van der Waals surface area (Å²) in [5, 5.41) is 0. The second kappa shape index (κ2) is 4.52. The summed E-state index contributed by atoms with van der Waals surface area (Å²) in [5.74, 6) is 3.10. The van der Waals surface area contributed by atoms with Crippen LogP contribution in [0.1, 0.15) is 44.9 Å². The van der Waals surface area contributed by atoms with E-state index in [1.165, 1.54) is 44.9 Å². The molecule has 3 nitrogen and oxygen atoms in total. The maximum absolute atomic E-state index is 11.5. The van der Waals surface area contributed by atoms with E-state index in [2.05, 4.69) is 0 Å². The van der Waals surface area contributed by atoms with Crippen LogP contribution in [0.5, 0.6) is 0 Å². The Morgan fingerprint density at radius 1 is 1.17 bits per heavy atom. The van der Waals surface area contributed by atoms with Crippen molar-refractivity contribution >= 4 is 5.91 Å². The first-order chi connectivity index (χ1) is 8.60. The highest BCUT2D eigenvalue weighted by molar-refractivity contribution is 5.77. The quantitative estimate of drug-likeness (QED) is 0.829. The number of amides is 1. The molecular formula is C15H26N2O. The van der Waals surface area contributed by atoms with Crippen molar-refractivity contribution in [3.05, 3.63) is 0 Å². The summed E-state index contributed by atoms with van der Waals surface area (Å²) in [6.07, 6.45) is 10.0. The molecule has 4 aliphatic carbocycles. The lowest BCUT2D eigenvalue weighted by Gasteiger charge is -2.57. The van der Waals surface area contributed by atoms with Gasteiger partial charge in [0.05, 0.1) is 6.54 Å². The Morgan fingerprint density at radius 2 is 1.67 bits per heavy atom. The summed E-state index contributed by atoms with van der Waals surface area (Å²) >= 11 is 0. The van der Waals surface area contributed by atoms with Crippen LogP contribution in [0.2, 0.25) is 0 Å². The van der Waals surface area contributed by atoms with Gasteiger partial charge in [0, 0.05) is 13.6 Å². The van der Waals surface area contributed by atoms with E-state index in [-0.39, 0.29) is 12.5 Å². The third-order valence-electron chi connectivity index (χ3n) is 5.74. The summed E-state index contributed by atoms with van der Waals surface area (Å²) in [6.45, 7) is 1.06. The summed E-state index contributed by atoms with van der Waals surface area (Å²) in [5.41, 5.74) is 6.00. The number of hydrogen-bond acceptors (Lipinski definition) is 2. The SMILES string of the molecule is CN(CCC12CC3CC(CC(C3)C1)C2)C(=O)CN. The van der Waals surface area contributed by atoms with Crippen molar-refractivity contribution in [1.29, 1.82) is 0 Å². The van der Waals surface area contributed by atoms with Gasteiger partial charge >= 0.3 is 0 Å². The monoisotopic (exact) mass is 250 g/mol. The Balaban J connectivity index is 1.60. The normalized spacial score (nSPS) is 41.1. The number of nitrogens with zero attached hydrogens (tertiary/aromatic N) is 1. The van der Waals surface area contributed by atoms with Gasteiger partial charge in [-0.2, -0.15) is 0 Å². The van der Waals surface area contributed by atoms with Crippen molar-refractivity contribution in [3.63, 3.8) is 0 Å². The van der Waals surface area contributed by atoms with E-state index in [0.717, 1.165) is 24.3 Å². The van der Waals surface area contributed by atoms with Crippen molar-refractivity contribution in [2.75, 3.05) is 20.1 Å². The van der Waals surface area contributed by atoms with Crippen LogP contribution in [0, 0.1) is 23.2 Å². The molecule has 4 aliphatic rings. The molecule has 4 bridgehead atoms. The fraction of sp³-hybridized carbons (Fsp3) is 0.933. The molecule has 1 amide bonds. The Kier molecular flexibility index (Phi) is 3.13. The van der Waals surface area contributed by atoms with Gasteiger partial charge in [0.25, 0.3) is 0 Å². The lowest BCUT2D eigenvalue weighted by molar-refractivity contribution is -0.129. The first-order valence-electron chi connectivity index (χ1n) is 7.54. The van der Waals surface area contributed by atoms with E-state index < -0.39 is 0 Å². The van der Waals surface area contributed by atoms with Crippen LogP contribution in [-0.2, 0) is 4.79 Å². The lowest BCUT2D eigenvalue weighted by atomic mass is 9.49. The predicted molar refractivity (Wildman–Crippen MR) is 71.9 cm³/mol. The van der Waals surface area contributed by atoms with Gasteiger partial charge in [-0.1, -0.05) is 0 Å². The number of nitrogens with two attached hydrogens (primary N) is 1. The van der Waals surface area contributed by atoms with E-state index in [0.29, 0.717) is 5.41 Å². The van der Waals surface area contributed by atoms with Gasteiger partial charge in [-0.15, -0.1) is 0 Å². The maximum Gasteiger partial charge on any atom is 0.236 e. The molecule has 0 aromatic carbocycles. The van der Waals surface area contributed by atoms with E-state index in [1.54, 1.807) is 0 Å².